The van der Waals surface area contributed by atoms with Crippen molar-refractivity contribution >= 4 is 46.7 Å². The van der Waals surface area contributed by atoms with Crippen molar-refractivity contribution in [3.05, 3.63) is 45.9 Å². The van der Waals surface area contributed by atoms with Crippen molar-refractivity contribution in [2.24, 2.45) is 17.3 Å². The van der Waals surface area contributed by atoms with E-state index in [4.69, 9.17) is 11.2 Å². The number of likely N-dealkylation sites (tertiary alicyclic amines) is 1. The smallest absolute Gasteiger partial charge is 0.309 e. The number of aromatic nitrogens is 1. The normalized spacial score (nSPS) is 17.1. The number of carbonyl (C=O) groups is 5. The minimum absolute atomic E-state index is 0.0938. The number of nitrogens with zero attached hydrogens (tertiary/aromatic N) is 3. The Morgan fingerprint density at radius 1 is 1.07 bits per heavy atom. The van der Waals surface area contributed by atoms with Crippen LogP contribution in [0.1, 0.15) is 147 Å². The van der Waals surface area contributed by atoms with E-state index in [0.29, 0.717) is 43.7 Å². The predicted molar refractivity (Wildman–Crippen MR) is 242 cm³/mol. The number of amides is 3. The molecule has 2 heterocycles. The zero-order valence-corrected chi connectivity index (χ0v) is 39.0. The first-order chi connectivity index (χ1) is 28.8. The lowest BCUT2D eigenvalue weighted by Crippen LogP contribution is -2.59. The Hall–Kier alpha value is -4.48. The van der Waals surface area contributed by atoms with E-state index in [1.54, 1.807) is 19.2 Å². The van der Waals surface area contributed by atoms with Crippen molar-refractivity contribution in [2.75, 3.05) is 25.5 Å². The van der Waals surface area contributed by atoms with E-state index in [1.165, 1.54) is 18.3 Å². The van der Waals surface area contributed by atoms with Crippen LogP contribution in [0.15, 0.2) is 29.6 Å². The van der Waals surface area contributed by atoms with Crippen molar-refractivity contribution < 1.29 is 33.8 Å². The van der Waals surface area contributed by atoms with E-state index >= 15 is 0 Å². The first kappa shape index (κ1) is 50.9. The van der Waals surface area contributed by atoms with Crippen LogP contribution < -0.4 is 16.0 Å². The lowest BCUT2D eigenvalue weighted by molar-refractivity contribution is -0.150. The quantitative estimate of drug-likeness (QED) is 0.0472. The van der Waals surface area contributed by atoms with Gasteiger partial charge in [-0.2, -0.15) is 0 Å². The monoisotopic (exact) mass is 865 g/mol. The van der Waals surface area contributed by atoms with Crippen LogP contribution in [0.5, 0.6) is 0 Å². The van der Waals surface area contributed by atoms with Crippen LogP contribution in [-0.4, -0.2) is 99.9 Å². The average Bonchev–Trinajstić information content (AvgIpc) is 3.69. The highest BCUT2D eigenvalue weighted by molar-refractivity contribution is 7.09. The zero-order valence-electron chi connectivity index (χ0n) is 38.2. The average molecular weight is 865 g/mol. The summed E-state index contributed by atoms with van der Waals surface area (Å²) in [6.45, 7) is 17.9. The molecule has 6 atom stereocenters. The minimum Gasteiger partial charge on any atom is -0.481 e. The fraction of sp³-hybridized carbons (Fsp3) is 0.660. The zero-order chi connectivity index (χ0) is 45.4. The Labute approximate surface area is 368 Å². The van der Waals surface area contributed by atoms with Gasteiger partial charge < -0.3 is 30.7 Å². The highest BCUT2D eigenvalue weighted by atomic mass is 32.1. The highest BCUT2D eigenvalue weighted by Crippen LogP contribution is 2.32. The third-order valence-electron chi connectivity index (χ3n) is 11.6. The molecule has 0 bridgehead atoms. The molecule has 0 unspecified atom stereocenters. The number of unbranched alkanes of at least 4 members (excludes halogenated alkanes) is 2. The van der Waals surface area contributed by atoms with Gasteiger partial charge in [-0.05, 0) is 109 Å². The Morgan fingerprint density at radius 3 is 2.33 bits per heavy atom. The van der Waals surface area contributed by atoms with Gasteiger partial charge in [-0.3, -0.25) is 28.9 Å². The first-order valence-electron chi connectivity index (χ1n) is 22.0. The SMILES string of the molecule is C#CCCCCN(C(=O)[C@@H](NC(=O)[C@H]1CCCCN1C)[C@@H](C)CC)[C@H](C[C@@H](OC(C)=O)c1nc(C(=O)N[C@@H](Cc2ccc(NC(C)C)cc2)CC(C)(C)C(=O)O)cs1)C(C)C. The van der Waals surface area contributed by atoms with Crippen molar-refractivity contribution in [1.29, 1.82) is 0 Å². The molecule has 61 heavy (non-hydrogen) atoms. The number of ether oxygens (including phenoxy) is 1. The molecule has 14 heteroatoms. The van der Waals surface area contributed by atoms with Gasteiger partial charge >= 0.3 is 11.9 Å². The summed E-state index contributed by atoms with van der Waals surface area (Å²) < 4.78 is 5.92. The first-order valence-corrected chi connectivity index (χ1v) is 22.9. The lowest BCUT2D eigenvalue weighted by Gasteiger charge is -2.40. The fourth-order valence-corrected chi connectivity index (χ4v) is 8.72. The maximum atomic E-state index is 14.9. The van der Waals surface area contributed by atoms with Gasteiger partial charge in [-0.15, -0.1) is 23.7 Å². The number of rotatable bonds is 24. The van der Waals surface area contributed by atoms with Gasteiger partial charge in [-0.25, -0.2) is 4.98 Å². The molecule has 0 saturated carbocycles. The lowest BCUT2D eigenvalue weighted by atomic mass is 9.84. The second kappa shape index (κ2) is 24.2. The van der Waals surface area contributed by atoms with Crippen LogP contribution in [0, 0.1) is 29.6 Å². The minimum atomic E-state index is -1.12. The number of carbonyl (C=O) groups excluding carboxylic acids is 4. The van der Waals surface area contributed by atoms with Crippen LogP contribution in [0.3, 0.4) is 0 Å². The second-order valence-electron chi connectivity index (χ2n) is 18.0. The number of anilines is 1. The number of thiazole rings is 1. The number of piperidine rings is 1. The molecule has 0 aliphatic carbocycles. The molecule has 1 aliphatic rings. The summed E-state index contributed by atoms with van der Waals surface area (Å²) in [5, 5.41) is 21.5. The van der Waals surface area contributed by atoms with E-state index in [-0.39, 0.29) is 54.3 Å². The fourth-order valence-electron chi connectivity index (χ4n) is 7.88. The van der Waals surface area contributed by atoms with Crippen molar-refractivity contribution in [1.82, 2.24) is 25.4 Å². The van der Waals surface area contributed by atoms with E-state index < -0.39 is 47.5 Å². The van der Waals surface area contributed by atoms with Gasteiger partial charge in [0.1, 0.15) is 16.7 Å². The van der Waals surface area contributed by atoms with E-state index in [2.05, 4.69) is 45.6 Å². The van der Waals surface area contributed by atoms with Crippen LogP contribution in [0.2, 0.25) is 0 Å². The summed E-state index contributed by atoms with van der Waals surface area (Å²) in [5.74, 6) is 0.116. The Bertz CT molecular complexity index is 1790. The Morgan fingerprint density at radius 2 is 1.75 bits per heavy atom. The number of esters is 1. The van der Waals surface area contributed by atoms with Gasteiger partial charge in [0.15, 0.2) is 6.10 Å². The standard InChI is InChI=1S/C47H72N6O7S/c1-12-14-15-17-25-53(45(57)41(32(7)13-2)51-43(56)38-19-16-18-24-52(38)11)39(30(3)4)27-40(60-33(8)54)44-50-37(29-61-44)42(55)49-36(28-47(9,10)46(58)59)26-34-20-22-35(23-21-34)48-31(5)6/h1,20-23,29-32,36,38-41,48H,13-19,24-28H2,2-11H3,(H,49,55)(H,51,56)(H,58,59)/t32-,36-,38+,39+,40+,41-/m0/s1. The van der Waals surface area contributed by atoms with E-state index in [9.17, 15) is 29.1 Å². The second-order valence-corrected chi connectivity index (χ2v) is 18.9. The van der Waals surface area contributed by atoms with Gasteiger partial charge in [0.05, 0.1) is 11.5 Å². The summed E-state index contributed by atoms with van der Waals surface area (Å²) >= 11 is 1.18. The molecule has 1 aromatic heterocycles. The summed E-state index contributed by atoms with van der Waals surface area (Å²) in [7, 11) is 1.95. The molecule has 0 spiro atoms. The third-order valence-corrected chi connectivity index (χ3v) is 12.6. The number of nitrogens with one attached hydrogen (secondary N) is 3. The van der Waals surface area contributed by atoms with E-state index in [0.717, 1.165) is 37.1 Å². The van der Waals surface area contributed by atoms with Crippen molar-refractivity contribution in [3.63, 3.8) is 0 Å². The summed E-state index contributed by atoms with van der Waals surface area (Å²) in [6, 6.07) is 6.07. The topological polar surface area (TPSA) is 170 Å². The number of hydrogen-bond acceptors (Lipinski definition) is 10. The number of hydrogen-bond donors (Lipinski definition) is 4. The van der Waals surface area contributed by atoms with Crippen LogP contribution in [0.4, 0.5) is 5.69 Å². The maximum absolute atomic E-state index is 14.9. The molecular formula is C47H72N6O7S. The van der Waals surface area contributed by atoms with Gasteiger partial charge in [0.25, 0.3) is 5.91 Å². The molecule has 4 N–H and O–H groups in total. The molecule has 3 rings (SSSR count). The number of carboxylic acid groups (broad SMARTS) is 1. The Balaban J connectivity index is 1.94. The number of likely N-dealkylation sites (N-methyl/N-ethyl adjacent to an activating group) is 1. The van der Waals surface area contributed by atoms with Crippen LogP contribution in [0.25, 0.3) is 0 Å². The van der Waals surface area contributed by atoms with E-state index in [1.807, 2.05) is 63.9 Å². The molecule has 338 valence electrons. The predicted octanol–water partition coefficient (Wildman–Crippen LogP) is 7.47. The molecule has 0 radical (unpaired) electrons. The molecule has 13 nitrogen and oxygen atoms in total. The third kappa shape index (κ3) is 15.7. The molecule has 1 saturated heterocycles. The van der Waals surface area contributed by atoms with Gasteiger partial charge in [0.2, 0.25) is 11.8 Å². The molecule has 1 aliphatic heterocycles. The summed E-state index contributed by atoms with van der Waals surface area (Å²) in [5.41, 5.74) is 0.888. The summed E-state index contributed by atoms with van der Waals surface area (Å²) in [6.07, 6.45) is 10.8. The van der Waals surface area contributed by atoms with Gasteiger partial charge in [0, 0.05) is 55.5 Å². The number of aliphatic carboxylic acids is 1. The molecule has 1 fully saturated rings. The highest BCUT2D eigenvalue weighted by Gasteiger charge is 2.39. The number of benzene rings is 1. The number of terminal acetylenes is 1. The molecule has 1 aromatic carbocycles. The summed E-state index contributed by atoms with van der Waals surface area (Å²) in [4.78, 5) is 75.9. The van der Waals surface area contributed by atoms with Gasteiger partial charge in [-0.1, -0.05) is 52.7 Å². The maximum Gasteiger partial charge on any atom is 0.309 e. The molecule has 2 aromatic rings. The number of carboxylic acids is 1. The Kier molecular flexibility index (Phi) is 20.2. The van der Waals surface area contributed by atoms with Crippen molar-refractivity contribution in [2.45, 2.75) is 163 Å². The van der Waals surface area contributed by atoms with Crippen LogP contribution in [-0.2, 0) is 30.3 Å². The van der Waals surface area contributed by atoms with Crippen molar-refractivity contribution in [3.8, 4) is 12.3 Å². The molecule has 3 amide bonds. The molecular weight excluding hydrogens is 793 g/mol. The van der Waals surface area contributed by atoms with Crippen LogP contribution >= 0.6 is 11.3 Å². The largest absolute Gasteiger partial charge is 0.481 e.